The molecule has 0 bridgehead atoms. The van der Waals surface area contributed by atoms with E-state index in [1.807, 2.05) is 16.3 Å². The van der Waals surface area contributed by atoms with Gasteiger partial charge >= 0.3 is 5.97 Å². The SMILES string of the molecule is CCOC(=O)c1ccc(N2CCN(C(=O)CCc3ccsc3)CC2)nc1. The summed E-state index contributed by atoms with van der Waals surface area (Å²) in [6, 6.07) is 5.64. The summed E-state index contributed by atoms with van der Waals surface area (Å²) in [5, 5.41) is 4.13. The van der Waals surface area contributed by atoms with Crippen LogP contribution in [0, 0.1) is 0 Å². The molecule has 0 saturated carbocycles. The molecule has 26 heavy (non-hydrogen) atoms. The number of amides is 1. The maximum Gasteiger partial charge on any atom is 0.339 e. The molecule has 0 atom stereocenters. The second-order valence-electron chi connectivity index (χ2n) is 6.12. The number of pyridine rings is 1. The third-order valence-electron chi connectivity index (χ3n) is 4.42. The van der Waals surface area contributed by atoms with E-state index in [0.29, 0.717) is 31.7 Å². The van der Waals surface area contributed by atoms with E-state index < -0.39 is 0 Å². The van der Waals surface area contributed by atoms with Crippen LogP contribution in [0.4, 0.5) is 5.82 Å². The van der Waals surface area contributed by atoms with Gasteiger partial charge in [-0.2, -0.15) is 11.3 Å². The summed E-state index contributed by atoms with van der Waals surface area (Å²) >= 11 is 1.66. The maximum atomic E-state index is 12.4. The lowest BCUT2D eigenvalue weighted by Crippen LogP contribution is -2.49. The van der Waals surface area contributed by atoms with Crippen molar-refractivity contribution < 1.29 is 14.3 Å². The van der Waals surface area contributed by atoms with Crippen molar-refractivity contribution in [2.75, 3.05) is 37.7 Å². The van der Waals surface area contributed by atoms with Gasteiger partial charge in [0.05, 0.1) is 12.2 Å². The van der Waals surface area contributed by atoms with Crippen molar-refractivity contribution in [3.8, 4) is 0 Å². The van der Waals surface area contributed by atoms with E-state index in [9.17, 15) is 9.59 Å². The van der Waals surface area contributed by atoms with Crippen LogP contribution in [0.1, 0.15) is 29.3 Å². The van der Waals surface area contributed by atoms with Gasteiger partial charge < -0.3 is 14.5 Å². The van der Waals surface area contributed by atoms with Gasteiger partial charge in [0.15, 0.2) is 0 Å². The Kier molecular flexibility index (Phi) is 6.22. The molecule has 2 aromatic heterocycles. The fourth-order valence-corrected chi connectivity index (χ4v) is 3.64. The maximum absolute atomic E-state index is 12.4. The highest BCUT2D eigenvalue weighted by Crippen LogP contribution is 2.16. The average Bonchev–Trinajstić information content (AvgIpc) is 3.20. The highest BCUT2D eigenvalue weighted by Gasteiger charge is 2.22. The number of thiophene rings is 1. The molecule has 7 heteroatoms. The van der Waals surface area contributed by atoms with Crippen LogP contribution in [0.3, 0.4) is 0 Å². The minimum Gasteiger partial charge on any atom is -0.462 e. The average molecular weight is 373 g/mol. The Morgan fingerprint density at radius 3 is 2.62 bits per heavy atom. The van der Waals surface area contributed by atoms with Crippen molar-refractivity contribution in [3.05, 3.63) is 46.3 Å². The molecule has 3 rings (SSSR count). The number of rotatable bonds is 6. The minimum absolute atomic E-state index is 0.210. The largest absolute Gasteiger partial charge is 0.462 e. The first-order valence-electron chi connectivity index (χ1n) is 8.84. The summed E-state index contributed by atoms with van der Waals surface area (Å²) in [4.78, 5) is 32.5. The van der Waals surface area contributed by atoms with E-state index in [2.05, 4.69) is 21.3 Å². The number of aromatic nitrogens is 1. The Morgan fingerprint density at radius 2 is 2.00 bits per heavy atom. The molecule has 0 unspecified atom stereocenters. The van der Waals surface area contributed by atoms with Crippen molar-refractivity contribution in [2.24, 2.45) is 0 Å². The topological polar surface area (TPSA) is 62.7 Å². The predicted molar refractivity (Wildman–Crippen MR) is 102 cm³/mol. The first-order valence-corrected chi connectivity index (χ1v) is 9.78. The number of nitrogens with zero attached hydrogens (tertiary/aromatic N) is 3. The molecule has 1 fully saturated rings. The highest BCUT2D eigenvalue weighted by molar-refractivity contribution is 7.07. The Morgan fingerprint density at radius 1 is 1.19 bits per heavy atom. The van der Waals surface area contributed by atoms with Gasteiger partial charge in [0.1, 0.15) is 5.82 Å². The van der Waals surface area contributed by atoms with E-state index >= 15 is 0 Å². The van der Waals surface area contributed by atoms with Crippen molar-refractivity contribution in [3.63, 3.8) is 0 Å². The fourth-order valence-electron chi connectivity index (χ4n) is 2.94. The first-order chi connectivity index (χ1) is 12.7. The number of carbonyl (C=O) groups excluding carboxylic acids is 2. The molecule has 1 aliphatic rings. The lowest BCUT2D eigenvalue weighted by Gasteiger charge is -2.35. The Labute approximate surface area is 157 Å². The second-order valence-corrected chi connectivity index (χ2v) is 6.91. The fraction of sp³-hybridized carbons (Fsp3) is 0.421. The number of piperazine rings is 1. The van der Waals surface area contributed by atoms with Crippen LogP contribution in [0.15, 0.2) is 35.2 Å². The van der Waals surface area contributed by atoms with Gasteiger partial charge in [-0.15, -0.1) is 0 Å². The van der Waals surface area contributed by atoms with Crippen molar-refractivity contribution in [1.29, 1.82) is 0 Å². The number of carbonyl (C=O) groups is 2. The number of hydrogen-bond acceptors (Lipinski definition) is 6. The molecule has 0 aliphatic carbocycles. The van der Waals surface area contributed by atoms with Gasteiger partial charge in [0, 0.05) is 38.8 Å². The van der Waals surface area contributed by atoms with Crippen molar-refractivity contribution in [1.82, 2.24) is 9.88 Å². The minimum atomic E-state index is -0.354. The zero-order valence-corrected chi connectivity index (χ0v) is 15.7. The van der Waals surface area contributed by atoms with Crippen LogP contribution >= 0.6 is 11.3 Å². The Hall–Kier alpha value is -2.41. The molecule has 3 heterocycles. The standard InChI is InChI=1S/C19H23N3O3S/c1-2-25-19(24)16-4-5-17(20-13-16)21-8-10-22(11-9-21)18(23)6-3-15-7-12-26-14-15/h4-5,7,12-14H,2-3,6,8-11H2,1H3. The lowest BCUT2D eigenvalue weighted by molar-refractivity contribution is -0.131. The third kappa shape index (κ3) is 4.60. The van der Waals surface area contributed by atoms with Crippen LogP contribution in [0.2, 0.25) is 0 Å². The Bertz CT molecular complexity index is 723. The lowest BCUT2D eigenvalue weighted by atomic mass is 10.1. The number of aryl methyl sites for hydroxylation is 1. The molecular weight excluding hydrogens is 350 g/mol. The molecule has 2 aromatic rings. The Balaban J connectivity index is 1.48. The van der Waals surface area contributed by atoms with Gasteiger partial charge in [-0.25, -0.2) is 9.78 Å². The van der Waals surface area contributed by atoms with E-state index in [4.69, 9.17) is 4.74 Å². The second kappa shape index (κ2) is 8.80. The third-order valence-corrected chi connectivity index (χ3v) is 5.16. The molecule has 0 N–H and O–H groups in total. The van der Waals surface area contributed by atoms with Gasteiger partial charge in [-0.05, 0) is 47.9 Å². The zero-order chi connectivity index (χ0) is 18.4. The number of esters is 1. The van der Waals surface area contributed by atoms with Crippen LogP contribution in [-0.2, 0) is 16.0 Å². The van der Waals surface area contributed by atoms with E-state index in [1.165, 1.54) is 5.56 Å². The van der Waals surface area contributed by atoms with Crippen LogP contribution < -0.4 is 4.90 Å². The molecule has 138 valence electrons. The van der Waals surface area contributed by atoms with Crippen LogP contribution in [-0.4, -0.2) is 54.5 Å². The number of ether oxygens (including phenoxy) is 1. The molecule has 0 spiro atoms. The van der Waals surface area contributed by atoms with E-state index in [1.54, 1.807) is 30.5 Å². The molecule has 1 aliphatic heterocycles. The molecule has 0 aromatic carbocycles. The smallest absolute Gasteiger partial charge is 0.339 e. The summed E-state index contributed by atoms with van der Waals surface area (Å²) < 4.78 is 4.97. The quantitative estimate of drug-likeness (QED) is 0.729. The van der Waals surface area contributed by atoms with Crippen LogP contribution in [0.25, 0.3) is 0 Å². The summed E-state index contributed by atoms with van der Waals surface area (Å²) in [6.45, 7) is 5.02. The highest BCUT2D eigenvalue weighted by atomic mass is 32.1. The van der Waals surface area contributed by atoms with E-state index in [-0.39, 0.29) is 11.9 Å². The molecular formula is C19H23N3O3S. The molecule has 0 radical (unpaired) electrons. The molecule has 6 nitrogen and oxygen atoms in total. The van der Waals surface area contributed by atoms with Crippen molar-refractivity contribution >= 4 is 29.0 Å². The monoisotopic (exact) mass is 373 g/mol. The first kappa shape index (κ1) is 18.4. The predicted octanol–water partition coefficient (Wildman–Crippen LogP) is 2.60. The molecule has 1 amide bonds. The normalized spacial score (nSPS) is 14.3. The van der Waals surface area contributed by atoms with Crippen molar-refractivity contribution in [2.45, 2.75) is 19.8 Å². The van der Waals surface area contributed by atoms with Crippen LogP contribution in [0.5, 0.6) is 0 Å². The summed E-state index contributed by atoms with van der Waals surface area (Å²) in [6.07, 6.45) is 2.91. The van der Waals surface area contributed by atoms with Gasteiger partial charge in [0.25, 0.3) is 0 Å². The van der Waals surface area contributed by atoms with E-state index in [0.717, 1.165) is 25.3 Å². The van der Waals surface area contributed by atoms with Gasteiger partial charge in [-0.1, -0.05) is 0 Å². The summed E-state index contributed by atoms with van der Waals surface area (Å²) in [7, 11) is 0. The van der Waals surface area contributed by atoms with Gasteiger partial charge in [0.2, 0.25) is 5.91 Å². The summed E-state index contributed by atoms with van der Waals surface area (Å²) in [5.41, 5.74) is 1.69. The molecule has 1 saturated heterocycles. The number of anilines is 1. The number of hydrogen-bond donors (Lipinski definition) is 0. The summed E-state index contributed by atoms with van der Waals surface area (Å²) in [5.74, 6) is 0.678. The van der Waals surface area contributed by atoms with Gasteiger partial charge in [-0.3, -0.25) is 4.79 Å². The zero-order valence-electron chi connectivity index (χ0n) is 14.9.